The minimum Gasteiger partial charge on any atom is -0.352 e. The predicted octanol–water partition coefficient (Wildman–Crippen LogP) is 5.22. The first-order chi connectivity index (χ1) is 11.5. The Hall–Kier alpha value is -2.09. The lowest BCUT2D eigenvalue weighted by molar-refractivity contribution is 0.0937. The second kappa shape index (κ2) is 6.80. The van der Waals surface area contributed by atoms with Gasteiger partial charge in [-0.3, -0.25) is 4.79 Å². The van der Waals surface area contributed by atoms with E-state index >= 15 is 0 Å². The SMILES string of the molecule is Cc1cccc(-c2ccc(C(=O)NCC3CCCC3(C)C)cc2)c1. The van der Waals surface area contributed by atoms with Crippen LogP contribution in [-0.4, -0.2) is 12.5 Å². The van der Waals surface area contributed by atoms with Crippen LogP contribution >= 0.6 is 0 Å². The van der Waals surface area contributed by atoms with E-state index in [4.69, 9.17) is 0 Å². The Morgan fingerprint density at radius 1 is 1.12 bits per heavy atom. The zero-order valence-corrected chi connectivity index (χ0v) is 14.9. The molecule has 0 radical (unpaired) electrons. The van der Waals surface area contributed by atoms with Crippen molar-refractivity contribution in [3.63, 3.8) is 0 Å². The van der Waals surface area contributed by atoms with Crippen molar-refractivity contribution in [1.29, 1.82) is 0 Å². The van der Waals surface area contributed by atoms with E-state index in [0.29, 0.717) is 11.3 Å². The molecule has 2 aromatic carbocycles. The molecule has 0 bridgehead atoms. The van der Waals surface area contributed by atoms with E-state index in [1.54, 1.807) is 0 Å². The van der Waals surface area contributed by atoms with E-state index in [1.807, 2.05) is 24.3 Å². The number of rotatable bonds is 4. The Kier molecular flexibility index (Phi) is 4.75. The molecule has 2 nitrogen and oxygen atoms in total. The van der Waals surface area contributed by atoms with Gasteiger partial charge in [0.15, 0.2) is 0 Å². The number of carbonyl (C=O) groups excluding carboxylic acids is 1. The van der Waals surface area contributed by atoms with Crippen molar-refractivity contribution in [2.45, 2.75) is 40.0 Å². The van der Waals surface area contributed by atoms with Gasteiger partial charge in [0.1, 0.15) is 0 Å². The van der Waals surface area contributed by atoms with Crippen LogP contribution in [-0.2, 0) is 0 Å². The monoisotopic (exact) mass is 321 g/mol. The highest BCUT2D eigenvalue weighted by Crippen LogP contribution is 2.42. The van der Waals surface area contributed by atoms with Crippen LogP contribution in [0.5, 0.6) is 0 Å². The Balaban J connectivity index is 1.64. The van der Waals surface area contributed by atoms with Crippen LogP contribution in [0, 0.1) is 18.3 Å². The minimum absolute atomic E-state index is 0.0356. The van der Waals surface area contributed by atoms with E-state index < -0.39 is 0 Å². The van der Waals surface area contributed by atoms with E-state index in [0.717, 1.165) is 17.7 Å². The second-order valence-electron chi connectivity index (χ2n) is 7.73. The number of nitrogens with one attached hydrogen (secondary N) is 1. The fourth-order valence-corrected chi connectivity index (χ4v) is 3.73. The summed E-state index contributed by atoms with van der Waals surface area (Å²) in [6, 6.07) is 16.3. The summed E-state index contributed by atoms with van der Waals surface area (Å²) >= 11 is 0. The molecule has 24 heavy (non-hydrogen) atoms. The average molecular weight is 321 g/mol. The lowest BCUT2D eigenvalue weighted by atomic mass is 9.82. The molecule has 0 aliphatic heterocycles. The molecule has 3 rings (SSSR count). The molecule has 1 atom stereocenters. The van der Waals surface area contributed by atoms with Crippen LogP contribution in [0.25, 0.3) is 11.1 Å². The first kappa shape index (κ1) is 16.8. The molecule has 0 aromatic heterocycles. The van der Waals surface area contributed by atoms with Crippen LogP contribution < -0.4 is 5.32 Å². The van der Waals surface area contributed by atoms with Crippen molar-refractivity contribution >= 4 is 5.91 Å². The third-order valence-electron chi connectivity index (χ3n) is 5.49. The Morgan fingerprint density at radius 2 is 1.88 bits per heavy atom. The quantitative estimate of drug-likeness (QED) is 0.822. The highest BCUT2D eigenvalue weighted by molar-refractivity contribution is 5.94. The van der Waals surface area contributed by atoms with Gasteiger partial charge in [-0.2, -0.15) is 0 Å². The summed E-state index contributed by atoms with van der Waals surface area (Å²) in [6.45, 7) is 7.50. The lowest BCUT2D eigenvalue weighted by Gasteiger charge is -2.27. The largest absolute Gasteiger partial charge is 0.352 e. The van der Waals surface area contributed by atoms with Crippen LogP contribution in [0.15, 0.2) is 48.5 Å². The van der Waals surface area contributed by atoms with Crippen molar-refractivity contribution in [1.82, 2.24) is 5.32 Å². The van der Waals surface area contributed by atoms with Crippen molar-refractivity contribution in [3.05, 3.63) is 59.7 Å². The van der Waals surface area contributed by atoms with Crippen molar-refractivity contribution in [2.75, 3.05) is 6.54 Å². The van der Waals surface area contributed by atoms with Gasteiger partial charge in [-0.05, 0) is 54.4 Å². The van der Waals surface area contributed by atoms with Gasteiger partial charge in [0.25, 0.3) is 5.91 Å². The second-order valence-corrected chi connectivity index (χ2v) is 7.73. The molecule has 1 saturated carbocycles. The third-order valence-corrected chi connectivity index (χ3v) is 5.49. The molecule has 1 N–H and O–H groups in total. The van der Waals surface area contributed by atoms with Crippen LogP contribution in [0.2, 0.25) is 0 Å². The first-order valence-corrected chi connectivity index (χ1v) is 8.91. The molecule has 0 heterocycles. The molecular formula is C22H27NO. The molecular weight excluding hydrogens is 294 g/mol. The standard InChI is InChI=1S/C22H27NO/c1-16-6-4-7-19(14-16)17-9-11-18(12-10-17)21(24)23-15-20-8-5-13-22(20,2)3/h4,6-7,9-12,14,20H,5,8,13,15H2,1-3H3,(H,23,24). The summed E-state index contributed by atoms with van der Waals surface area (Å²) in [6.07, 6.45) is 3.76. The maximum Gasteiger partial charge on any atom is 0.251 e. The molecule has 1 aliphatic rings. The van der Waals surface area contributed by atoms with E-state index in [2.05, 4.69) is 50.4 Å². The molecule has 126 valence electrons. The van der Waals surface area contributed by atoms with Gasteiger partial charge in [-0.15, -0.1) is 0 Å². The summed E-state index contributed by atoms with van der Waals surface area (Å²) in [5, 5.41) is 3.13. The fourth-order valence-electron chi connectivity index (χ4n) is 3.73. The number of hydrogen-bond donors (Lipinski definition) is 1. The van der Waals surface area contributed by atoms with Gasteiger partial charge in [0, 0.05) is 12.1 Å². The molecule has 0 spiro atoms. The van der Waals surface area contributed by atoms with E-state index in [1.165, 1.54) is 30.4 Å². The number of benzene rings is 2. The molecule has 2 heteroatoms. The van der Waals surface area contributed by atoms with Gasteiger partial charge in [0.05, 0.1) is 0 Å². The molecule has 2 aromatic rings. The molecule has 1 fully saturated rings. The van der Waals surface area contributed by atoms with Crippen molar-refractivity contribution in [3.8, 4) is 11.1 Å². The zero-order valence-electron chi connectivity index (χ0n) is 14.9. The Morgan fingerprint density at radius 3 is 2.50 bits per heavy atom. The maximum absolute atomic E-state index is 12.4. The van der Waals surface area contributed by atoms with E-state index in [-0.39, 0.29) is 5.91 Å². The topological polar surface area (TPSA) is 29.1 Å². The number of carbonyl (C=O) groups is 1. The predicted molar refractivity (Wildman–Crippen MR) is 100 cm³/mol. The van der Waals surface area contributed by atoms with Crippen molar-refractivity contribution in [2.24, 2.45) is 11.3 Å². The van der Waals surface area contributed by atoms with Crippen molar-refractivity contribution < 1.29 is 4.79 Å². The zero-order chi connectivity index (χ0) is 17.2. The Labute approximate surface area is 145 Å². The summed E-state index contributed by atoms with van der Waals surface area (Å²) < 4.78 is 0. The molecule has 1 amide bonds. The number of hydrogen-bond acceptors (Lipinski definition) is 1. The minimum atomic E-state index is 0.0356. The van der Waals surface area contributed by atoms with Gasteiger partial charge in [-0.25, -0.2) is 0 Å². The summed E-state index contributed by atoms with van der Waals surface area (Å²) in [4.78, 5) is 12.4. The highest BCUT2D eigenvalue weighted by Gasteiger charge is 2.34. The lowest BCUT2D eigenvalue weighted by Crippen LogP contribution is -2.33. The smallest absolute Gasteiger partial charge is 0.251 e. The fraction of sp³-hybridized carbons (Fsp3) is 0.409. The van der Waals surface area contributed by atoms with Crippen LogP contribution in [0.3, 0.4) is 0 Å². The van der Waals surface area contributed by atoms with Crippen LogP contribution in [0.4, 0.5) is 0 Å². The van der Waals surface area contributed by atoms with Crippen LogP contribution in [0.1, 0.15) is 49.0 Å². The van der Waals surface area contributed by atoms with Gasteiger partial charge in [-0.1, -0.05) is 62.2 Å². The van der Waals surface area contributed by atoms with E-state index in [9.17, 15) is 4.79 Å². The normalized spacial score (nSPS) is 19.2. The maximum atomic E-state index is 12.4. The number of aryl methyl sites for hydroxylation is 1. The first-order valence-electron chi connectivity index (χ1n) is 8.91. The average Bonchev–Trinajstić information content (AvgIpc) is 2.91. The highest BCUT2D eigenvalue weighted by atomic mass is 16.1. The third kappa shape index (κ3) is 3.69. The summed E-state index contributed by atoms with van der Waals surface area (Å²) in [5.74, 6) is 0.626. The van der Waals surface area contributed by atoms with Gasteiger partial charge in [0.2, 0.25) is 0 Å². The molecule has 1 aliphatic carbocycles. The van der Waals surface area contributed by atoms with Gasteiger partial charge >= 0.3 is 0 Å². The molecule has 0 saturated heterocycles. The van der Waals surface area contributed by atoms with Gasteiger partial charge < -0.3 is 5.32 Å². The number of amides is 1. The summed E-state index contributed by atoms with van der Waals surface area (Å²) in [7, 11) is 0. The Bertz CT molecular complexity index is 715. The summed E-state index contributed by atoms with van der Waals surface area (Å²) in [5.41, 5.74) is 4.67. The molecule has 1 unspecified atom stereocenters.